The molecule has 7 nitrogen and oxygen atoms in total. The molecule has 1 atom stereocenters. The molecule has 1 fully saturated rings. The summed E-state index contributed by atoms with van der Waals surface area (Å²) in [5, 5.41) is 2.47. The van der Waals surface area contributed by atoms with E-state index in [1.165, 1.54) is 29.5 Å². The smallest absolute Gasteiger partial charge is 0.272 e. The molecule has 1 saturated heterocycles. The van der Waals surface area contributed by atoms with Crippen LogP contribution in [-0.2, 0) is 17.8 Å². The predicted molar refractivity (Wildman–Crippen MR) is 133 cm³/mol. The van der Waals surface area contributed by atoms with Crippen LogP contribution in [0, 0.1) is 5.92 Å². The number of thioether (sulfide) groups is 1. The molecule has 1 unspecified atom stereocenters. The number of amides is 1. The molecule has 3 aromatic rings. The number of fused-ring (bicyclic) bond motifs is 1. The van der Waals surface area contributed by atoms with Crippen LogP contribution in [0.15, 0.2) is 39.6 Å². The molecule has 1 aliphatic rings. The molecule has 1 aromatic carbocycles. The second-order valence-electron chi connectivity index (χ2n) is 8.30. The lowest BCUT2D eigenvalue weighted by atomic mass is 10.0. The zero-order valence-corrected chi connectivity index (χ0v) is 20.8. The van der Waals surface area contributed by atoms with Gasteiger partial charge in [0, 0.05) is 19.6 Å². The fourth-order valence-corrected chi connectivity index (χ4v) is 5.85. The maximum Gasteiger partial charge on any atom is 0.272 e. The lowest BCUT2D eigenvalue weighted by Crippen LogP contribution is -2.40. The van der Waals surface area contributed by atoms with Crippen LogP contribution in [0.2, 0.25) is 0 Å². The van der Waals surface area contributed by atoms with Gasteiger partial charge in [-0.1, -0.05) is 24.8 Å². The Morgan fingerprint density at radius 1 is 1.24 bits per heavy atom. The molecule has 0 spiro atoms. The number of benzene rings is 1. The van der Waals surface area contributed by atoms with Crippen LogP contribution >= 0.6 is 23.1 Å². The number of hydrogen-bond acceptors (Lipinski definition) is 7. The minimum Gasteiger partial charge on any atom is -0.493 e. The molecule has 0 radical (unpaired) electrons. The van der Waals surface area contributed by atoms with Crippen LogP contribution < -0.4 is 15.0 Å². The third kappa shape index (κ3) is 5.35. The van der Waals surface area contributed by atoms with Crippen molar-refractivity contribution >= 4 is 39.2 Å². The lowest BCUT2D eigenvalue weighted by Gasteiger charge is -2.30. The summed E-state index contributed by atoms with van der Waals surface area (Å²) in [5.41, 5.74) is 1.66. The van der Waals surface area contributed by atoms with Crippen molar-refractivity contribution < 1.29 is 14.3 Å². The van der Waals surface area contributed by atoms with Crippen molar-refractivity contribution in [3.05, 3.63) is 45.6 Å². The number of methoxy groups -OCH3 is 2. The number of thiophene rings is 1. The van der Waals surface area contributed by atoms with Crippen LogP contribution in [0.5, 0.6) is 11.5 Å². The molecule has 0 aliphatic carbocycles. The highest BCUT2D eigenvalue weighted by molar-refractivity contribution is 7.99. The van der Waals surface area contributed by atoms with Crippen LogP contribution in [0.4, 0.5) is 0 Å². The maximum absolute atomic E-state index is 13.2. The van der Waals surface area contributed by atoms with Crippen LogP contribution in [0.25, 0.3) is 10.2 Å². The van der Waals surface area contributed by atoms with E-state index in [4.69, 9.17) is 14.5 Å². The molecule has 2 aromatic heterocycles. The average molecular weight is 488 g/mol. The fourth-order valence-electron chi connectivity index (χ4n) is 4.14. The molecule has 1 aliphatic heterocycles. The van der Waals surface area contributed by atoms with E-state index in [9.17, 15) is 9.59 Å². The predicted octanol–water partition coefficient (Wildman–Crippen LogP) is 4.07. The number of aryl methyl sites for hydroxylation is 1. The number of nitrogens with zero attached hydrogens (tertiary/aromatic N) is 3. The van der Waals surface area contributed by atoms with E-state index in [1.54, 1.807) is 18.8 Å². The first-order valence-electron chi connectivity index (χ1n) is 11.1. The van der Waals surface area contributed by atoms with Crippen LogP contribution in [0.1, 0.15) is 25.3 Å². The number of piperidine rings is 1. The van der Waals surface area contributed by atoms with Crippen LogP contribution in [-0.4, -0.2) is 53.4 Å². The zero-order valence-electron chi connectivity index (χ0n) is 19.2. The number of carbonyl (C=O) groups is 1. The first-order chi connectivity index (χ1) is 16.0. The number of carbonyl (C=O) groups excluding carboxylic acids is 1. The van der Waals surface area contributed by atoms with Crippen molar-refractivity contribution in [1.29, 1.82) is 0 Å². The van der Waals surface area contributed by atoms with Gasteiger partial charge in [-0.3, -0.25) is 14.2 Å². The molecule has 3 heterocycles. The van der Waals surface area contributed by atoms with Gasteiger partial charge in [-0.15, -0.1) is 11.3 Å². The second kappa shape index (κ2) is 10.6. The van der Waals surface area contributed by atoms with Gasteiger partial charge in [0.1, 0.15) is 4.70 Å². The molecule has 0 bridgehead atoms. The molecule has 0 saturated carbocycles. The highest BCUT2D eigenvalue weighted by atomic mass is 32.2. The summed E-state index contributed by atoms with van der Waals surface area (Å²) in [6.07, 6.45) is 2.85. The Morgan fingerprint density at radius 3 is 2.82 bits per heavy atom. The Labute approximate surface area is 201 Å². The van der Waals surface area contributed by atoms with Crippen LogP contribution in [0.3, 0.4) is 0 Å². The average Bonchev–Trinajstić information content (AvgIpc) is 3.30. The summed E-state index contributed by atoms with van der Waals surface area (Å²) in [6.45, 7) is 4.27. The van der Waals surface area contributed by atoms with Gasteiger partial charge in [-0.25, -0.2) is 4.98 Å². The van der Waals surface area contributed by atoms with Gasteiger partial charge in [0.25, 0.3) is 5.56 Å². The van der Waals surface area contributed by atoms with Gasteiger partial charge in [-0.05, 0) is 54.3 Å². The zero-order chi connectivity index (χ0) is 23.4. The Morgan fingerprint density at radius 2 is 2.06 bits per heavy atom. The SMILES string of the molecule is COc1ccc(CCn2c(SCC(=O)N3CCCC(C)C3)nc3ccsc3c2=O)cc1OC. The first kappa shape index (κ1) is 23.6. The van der Waals surface area contributed by atoms with Gasteiger partial charge < -0.3 is 14.4 Å². The fraction of sp³-hybridized carbons (Fsp3) is 0.458. The first-order valence-corrected chi connectivity index (χ1v) is 13.0. The number of likely N-dealkylation sites (tertiary alicyclic amines) is 1. The summed E-state index contributed by atoms with van der Waals surface area (Å²) in [6, 6.07) is 7.62. The summed E-state index contributed by atoms with van der Waals surface area (Å²) in [7, 11) is 3.21. The third-order valence-corrected chi connectivity index (χ3v) is 7.79. The van der Waals surface area contributed by atoms with Gasteiger partial charge in [0.2, 0.25) is 5.91 Å². The van der Waals surface area contributed by atoms with E-state index < -0.39 is 0 Å². The van der Waals surface area contributed by atoms with E-state index >= 15 is 0 Å². The van der Waals surface area contributed by atoms with Gasteiger partial charge in [0.15, 0.2) is 16.7 Å². The number of aromatic nitrogens is 2. The Bertz CT molecular complexity index is 1190. The quantitative estimate of drug-likeness (QED) is 0.352. The molecular weight excluding hydrogens is 458 g/mol. The number of rotatable bonds is 8. The molecule has 33 heavy (non-hydrogen) atoms. The van der Waals surface area contributed by atoms with Crippen molar-refractivity contribution in [3.8, 4) is 11.5 Å². The topological polar surface area (TPSA) is 73.7 Å². The van der Waals surface area contributed by atoms with E-state index in [1.807, 2.05) is 34.5 Å². The summed E-state index contributed by atoms with van der Waals surface area (Å²) < 4.78 is 13.1. The number of hydrogen-bond donors (Lipinski definition) is 0. The minimum atomic E-state index is -0.0583. The van der Waals surface area contributed by atoms with Crippen molar-refractivity contribution in [3.63, 3.8) is 0 Å². The Balaban J connectivity index is 1.54. The molecule has 9 heteroatoms. The number of ether oxygens (including phenoxy) is 2. The molecule has 1 amide bonds. The summed E-state index contributed by atoms with van der Waals surface area (Å²) in [4.78, 5) is 32.7. The van der Waals surface area contributed by atoms with E-state index in [0.717, 1.165) is 25.1 Å². The van der Waals surface area contributed by atoms with Crippen molar-refractivity contribution in [2.24, 2.45) is 5.92 Å². The highest BCUT2D eigenvalue weighted by Crippen LogP contribution is 2.28. The Hall–Kier alpha value is -2.52. The van der Waals surface area contributed by atoms with Crippen molar-refractivity contribution in [2.75, 3.05) is 33.1 Å². The van der Waals surface area contributed by atoms with Gasteiger partial charge >= 0.3 is 0 Å². The minimum absolute atomic E-state index is 0.0583. The van der Waals surface area contributed by atoms with E-state index in [0.29, 0.717) is 45.8 Å². The monoisotopic (exact) mass is 487 g/mol. The maximum atomic E-state index is 13.2. The summed E-state index contributed by atoms with van der Waals surface area (Å²) in [5.74, 6) is 2.25. The standard InChI is InChI=1S/C24H29N3O4S2/c1-16-5-4-10-26(14-16)21(28)15-33-24-25-18-9-12-32-22(18)23(29)27(24)11-8-17-6-7-19(30-2)20(13-17)31-3/h6-7,9,12-13,16H,4-5,8,10-11,14-15H2,1-3H3. The molecule has 176 valence electrons. The molecule has 4 rings (SSSR count). The van der Waals surface area contributed by atoms with Crippen molar-refractivity contribution in [2.45, 2.75) is 37.9 Å². The van der Waals surface area contributed by atoms with E-state index in [2.05, 4.69) is 6.92 Å². The van der Waals surface area contributed by atoms with Gasteiger partial charge in [0.05, 0.1) is 25.5 Å². The largest absolute Gasteiger partial charge is 0.493 e. The normalized spacial score (nSPS) is 16.2. The summed E-state index contributed by atoms with van der Waals surface area (Å²) >= 11 is 2.75. The molecule has 0 N–H and O–H groups in total. The van der Waals surface area contributed by atoms with Crippen molar-refractivity contribution in [1.82, 2.24) is 14.5 Å². The third-order valence-electron chi connectivity index (χ3n) is 5.94. The second-order valence-corrected chi connectivity index (χ2v) is 10.2. The lowest BCUT2D eigenvalue weighted by molar-refractivity contribution is -0.130. The van der Waals surface area contributed by atoms with E-state index in [-0.39, 0.29) is 17.2 Å². The highest BCUT2D eigenvalue weighted by Gasteiger charge is 2.22. The molecular formula is C24H29N3O4S2. The van der Waals surface area contributed by atoms with Gasteiger partial charge in [-0.2, -0.15) is 0 Å². The Kier molecular flexibility index (Phi) is 7.60.